The van der Waals surface area contributed by atoms with Crippen molar-refractivity contribution < 1.29 is 22.7 Å². The van der Waals surface area contributed by atoms with Crippen molar-refractivity contribution in [2.45, 2.75) is 24.8 Å². The van der Waals surface area contributed by atoms with E-state index in [4.69, 9.17) is 21.1 Å². The van der Waals surface area contributed by atoms with Crippen molar-refractivity contribution in [2.24, 2.45) is 0 Å². The molecular weight excluding hydrogens is 428 g/mol. The highest BCUT2D eigenvalue weighted by Crippen LogP contribution is 2.37. The minimum absolute atomic E-state index is 0.0670. The van der Waals surface area contributed by atoms with Gasteiger partial charge < -0.3 is 14.8 Å². The summed E-state index contributed by atoms with van der Waals surface area (Å²) in [5.74, 6) is 0.535. The molecule has 0 fully saturated rings. The Morgan fingerprint density at radius 3 is 2.33 bits per heavy atom. The van der Waals surface area contributed by atoms with Gasteiger partial charge >= 0.3 is 0 Å². The van der Waals surface area contributed by atoms with E-state index < -0.39 is 10.0 Å². The van der Waals surface area contributed by atoms with E-state index in [-0.39, 0.29) is 16.9 Å². The molecule has 0 bridgehead atoms. The van der Waals surface area contributed by atoms with Crippen LogP contribution in [0.1, 0.15) is 19.4 Å². The molecule has 2 aromatic carbocycles. The summed E-state index contributed by atoms with van der Waals surface area (Å²) in [6.45, 7) is 3.77. The fourth-order valence-electron chi connectivity index (χ4n) is 2.46. The lowest BCUT2D eigenvalue weighted by Gasteiger charge is -2.15. The molecule has 0 aromatic heterocycles. The zero-order valence-corrected chi connectivity index (χ0v) is 19.0. The van der Waals surface area contributed by atoms with Gasteiger partial charge in [0, 0.05) is 25.9 Å². The van der Waals surface area contributed by atoms with Gasteiger partial charge in [0.2, 0.25) is 15.9 Å². The first-order valence-corrected chi connectivity index (χ1v) is 10.9. The number of sulfonamides is 1. The lowest BCUT2D eigenvalue weighted by Crippen LogP contribution is -2.22. The van der Waals surface area contributed by atoms with Gasteiger partial charge in [0.05, 0.1) is 23.1 Å². The molecule has 0 saturated heterocycles. The summed E-state index contributed by atoms with van der Waals surface area (Å²) in [4.78, 5) is 12.4. The third kappa shape index (κ3) is 5.98. The topological polar surface area (TPSA) is 84.9 Å². The minimum atomic E-state index is -3.52. The normalized spacial score (nSPS) is 11.9. The summed E-state index contributed by atoms with van der Waals surface area (Å²) in [7, 11) is 0.909. The van der Waals surface area contributed by atoms with Gasteiger partial charge in [-0.1, -0.05) is 11.6 Å². The quantitative estimate of drug-likeness (QED) is 0.611. The number of amides is 1. The van der Waals surface area contributed by atoms with Crippen LogP contribution < -0.4 is 14.8 Å². The van der Waals surface area contributed by atoms with Gasteiger partial charge in [-0.3, -0.25) is 4.79 Å². The van der Waals surface area contributed by atoms with Crippen molar-refractivity contribution in [3.8, 4) is 11.5 Å². The lowest BCUT2D eigenvalue weighted by molar-refractivity contribution is -0.111. The molecule has 0 aliphatic carbocycles. The number of anilines is 1. The standard InChI is InChI=1S/C21H25ClN2O5S/c1-14(2)29-21-18(22)12-15(13-19(21)28-5)6-11-20(25)23-16-7-9-17(10-8-16)30(26,27)24(3)4/h6-14H,1-5H3,(H,23,25)/b11-6+. The molecule has 30 heavy (non-hydrogen) atoms. The molecular formula is C21H25ClN2O5S. The highest BCUT2D eigenvalue weighted by atomic mass is 35.5. The third-order valence-electron chi connectivity index (χ3n) is 3.93. The van der Waals surface area contributed by atoms with Crippen LogP contribution in [0.4, 0.5) is 5.69 Å². The molecule has 0 spiro atoms. The van der Waals surface area contributed by atoms with Crippen LogP contribution >= 0.6 is 11.6 Å². The molecule has 0 aliphatic heterocycles. The molecule has 0 heterocycles. The van der Waals surface area contributed by atoms with Crippen LogP contribution in [0.5, 0.6) is 11.5 Å². The summed E-state index contributed by atoms with van der Waals surface area (Å²) in [6.07, 6.45) is 2.87. The fourth-order valence-corrected chi connectivity index (χ4v) is 3.63. The van der Waals surface area contributed by atoms with E-state index in [1.807, 2.05) is 13.8 Å². The summed E-state index contributed by atoms with van der Waals surface area (Å²) in [5, 5.41) is 3.05. The average Bonchev–Trinajstić information content (AvgIpc) is 2.68. The van der Waals surface area contributed by atoms with E-state index in [0.717, 1.165) is 4.31 Å². The Kier molecular flexibility index (Phi) is 7.89. The SMILES string of the molecule is COc1cc(/C=C/C(=O)Nc2ccc(S(=O)(=O)N(C)C)cc2)cc(Cl)c1OC(C)C. The molecule has 2 aromatic rings. The van der Waals surface area contributed by atoms with Gasteiger partial charge in [-0.25, -0.2) is 12.7 Å². The van der Waals surface area contributed by atoms with E-state index in [2.05, 4.69) is 5.32 Å². The predicted octanol–water partition coefficient (Wildman–Crippen LogP) is 4.04. The number of methoxy groups -OCH3 is 1. The summed E-state index contributed by atoms with van der Waals surface area (Å²) < 4.78 is 36.3. The van der Waals surface area contributed by atoms with Gasteiger partial charge in [-0.05, 0) is 61.9 Å². The van der Waals surface area contributed by atoms with Crippen LogP contribution in [-0.4, -0.2) is 45.9 Å². The van der Waals surface area contributed by atoms with Crippen molar-refractivity contribution >= 4 is 39.3 Å². The Labute approximate surface area is 182 Å². The molecule has 0 radical (unpaired) electrons. The number of hydrogen-bond donors (Lipinski definition) is 1. The van der Waals surface area contributed by atoms with Gasteiger partial charge in [0.1, 0.15) is 0 Å². The first kappa shape index (κ1) is 23.7. The van der Waals surface area contributed by atoms with Crippen molar-refractivity contribution in [1.29, 1.82) is 0 Å². The largest absolute Gasteiger partial charge is 0.493 e. The zero-order valence-electron chi connectivity index (χ0n) is 17.5. The van der Waals surface area contributed by atoms with Gasteiger partial charge in [0.15, 0.2) is 11.5 Å². The molecule has 0 aliphatic rings. The Morgan fingerprint density at radius 2 is 1.80 bits per heavy atom. The first-order chi connectivity index (χ1) is 14.0. The highest BCUT2D eigenvalue weighted by Gasteiger charge is 2.16. The lowest BCUT2D eigenvalue weighted by atomic mass is 10.1. The fraction of sp³-hybridized carbons (Fsp3) is 0.286. The van der Waals surface area contributed by atoms with Crippen molar-refractivity contribution in [3.05, 3.63) is 53.1 Å². The number of ether oxygens (including phenoxy) is 2. The van der Waals surface area contributed by atoms with Gasteiger partial charge in [-0.15, -0.1) is 0 Å². The zero-order chi connectivity index (χ0) is 22.5. The van der Waals surface area contributed by atoms with E-state index in [1.54, 1.807) is 18.2 Å². The Bertz CT molecular complexity index is 1030. The van der Waals surface area contributed by atoms with E-state index in [1.165, 1.54) is 51.5 Å². The van der Waals surface area contributed by atoms with Gasteiger partial charge in [0.25, 0.3) is 0 Å². The van der Waals surface area contributed by atoms with E-state index in [9.17, 15) is 13.2 Å². The maximum atomic E-state index is 12.2. The van der Waals surface area contributed by atoms with Crippen LogP contribution in [0.15, 0.2) is 47.4 Å². The van der Waals surface area contributed by atoms with Gasteiger partial charge in [-0.2, -0.15) is 0 Å². The molecule has 0 saturated carbocycles. The second kappa shape index (κ2) is 9.97. The van der Waals surface area contributed by atoms with Crippen LogP contribution in [0.25, 0.3) is 6.08 Å². The molecule has 7 nitrogen and oxygen atoms in total. The van der Waals surface area contributed by atoms with Crippen LogP contribution in [0, 0.1) is 0 Å². The van der Waals surface area contributed by atoms with Crippen molar-refractivity contribution in [1.82, 2.24) is 4.31 Å². The Hall–Kier alpha value is -2.55. The monoisotopic (exact) mass is 452 g/mol. The highest BCUT2D eigenvalue weighted by molar-refractivity contribution is 7.89. The van der Waals surface area contributed by atoms with E-state index in [0.29, 0.717) is 27.8 Å². The Balaban J connectivity index is 2.12. The summed E-state index contributed by atoms with van der Waals surface area (Å²) in [5.41, 5.74) is 1.13. The van der Waals surface area contributed by atoms with Crippen molar-refractivity contribution in [3.63, 3.8) is 0 Å². The number of carbonyl (C=O) groups is 1. The third-order valence-corrected chi connectivity index (χ3v) is 6.04. The number of nitrogens with zero attached hydrogens (tertiary/aromatic N) is 1. The maximum absolute atomic E-state index is 12.2. The molecule has 0 atom stereocenters. The number of halogens is 1. The number of rotatable bonds is 8. The minimum Gasteiger partial charge on any atom is -0.493 e. The van der Waals surface area contributed by atoms with Crippen LogP contribution in [0.3, 0.4) is 0 Å². The smallest absolute Gasteiger partial charge is 0.248 e. The second-order valence-corrected chi connectivity index (χ2v) is 9.39. The molecule has 0 unspecified atom stereocenters. The maximum Gasteiger partial charge on any atom is 0.248 e. The van der Waals surface area contributed by atoms with Crippen LogP contribution in [-0.2, 0) is 14.8 Å². The number of carbonyl (C=O) groups excluding carboxylic acids is 1. The van der Waals surface area contributed by atoms with E-state index >= 15 is 0 Å². The van der Waals surface area contributed by atoms with Crippen LogP contribution in [0.2, 0.25) is 5.02 Å². The first-order valence-electron chi connectivity index (χ1n) is 9.10. The van der Waals surface area contributed by atoms with Crippen molar-refractivity contribution in [2.75, 3.05) is 26.5 Å². The number of benzene rings is 2. The summed E-state index contributed by atoms with van der Waals surface area (Å²) >= 11 is 6.28. The summed E-state index contributed by atoms with van der Waals surface area (Å²) in [6, 6.07) is 9.32. The second-order valence-electron chi connectivity index (χ2n) is 6.84. The number of hydrogen-bond acceptors (Lipinski definition) is 5. The number of nitrogens with one attached hydrogen (secondary N) is 1. The molecule has 9 heteroatoms. The molecule has 2 rings (SSSR count). The molecule has 162 valence electrons. The average molecular weight is 453 g/mol. The Morgan fingerprint density at radius 1 is 1.17 bits per heavy atom. The predicted molar refractivity (Wildman–Crippen MR) is 119 cm³/mol. The molecule has 1 N–H and O–H groups in total. The molecule has 1 amide bonds.